The van der Waals surface area contributed by atoms with Gasteiger partial charge in [-0.2, -0.15) is 5.26 Å². The molecule has 0 aliphatic carbocycles. The van der Waals surface area contributed by atoms with Gasteiger partial charge in [0.05, 0.1) is 33.0 Å². The molecule has 3 atom stereocenters. The molecule has 3 rings (SSSR count). The Hall–Kier alpha value is 0.246. The molecule has 0 aromatic carbocycles. The van der Waals surface area contributed by atoms with Crippen LogP contribution in [0.15, 0.2) is 18.9 Å². The van der Waals surface area contributed by atoms with Crippen molar-refractivity contribution in [3.05, 3.63) is 25.9 Å². The molecule has 132 valence electrons. The van der Waals surface area contributed by atoms with Gasteiger partial charge in [-0.25, -0.2) is 0 Å². The minimum Gasteiger partial charge on any atom is -0.543 e. The van der Waals surface area contributed by atoms with Crippen LogP contribution in [0.25, 0.3) is 0 Å². The molecular formula is C13H10KN3O5S4. The summed E-state index contributed by atoms with van der Waals surface area (Å²) in [6, 6.07) is 1.83. The van der Waals surface area contributed by atoms with Gasteiger partial charge in [-0.3, -0.25) is 18.9 Å². The van der Waals surface area contributed by atoms with Crippen LogP contribution in [0.4, 0.5) is 0 Å². The summed E-state index contributed by atoms with van der Waals surface area (Å²) in [4.78, 5) is 36.0. The number of nitrogens with zero attached hydrogens (tertiary/aromatic N) is 2. The van der Waals surface area contributed by atoms with Crippen LogP contribution < -0.4 is 62.1 Å². The monoisotopic (exact) mass is 455 g/mol. The number of nitriles is 1. The van der Waals surface area contributed by atoms with Crippen molar-refractivity contribution < 1.29 is 71.2 Å². The van der Waals surface area contributed by atoms with Crippen LogP contribution in [0.1, 0.15) is 12.5 Å². The van der Waals surface area contributed by atoms with E-state index in [1.54, 1.807) is 0 Å². The molecule has 8 nitrogen and oxygen atoms in total. The third-order valence-corrected chi connectivity index (χ3v) is 8.56. The summed E-state index contributed by atoms with van der Waals surface area (Å²) in [5.74, 6) is -2.50. The molecule has 0 saturated carbocycles. The first-order valence-electron chi connectivity index (χ1n) is 6.87. The first-order valence-corrected chi connectivity index (χ1v) is 10.5. The molecule has 2 aliphatic heterocycles. The maximum atomic E-state index is 12.1. The SMILES string of the molecule is C[C@@H](O)[C@H]1C(=O)N2C(C(=O)[O-])=C(SCSc3s[nH]c(=O)c3C#N)S[C@H]12.[K+]. The Morgan fingerprint density at radius 1 is 1.50 bits per heavy atom. The number of H-pyrrole nitrogens is 1. The number of hydrogen-bond acceptors (Lipinski definition) is 10. The van der Waals surface area contributed by atoms with Crippen molar-refractivity contribution in [2.45, 2.75) is 22.6 Å². The van der Waals surface area contributed by atoms with E-state index in [2.05, 4.69) is 4.37 Å². The molecule has 1 fully saturated rings. The summed E-state index contributed by atoms with van der Waals surface area (Å²) in [6.07, 6.45) is -0.863. The number of aromatic nitrogens is 1. The van der Waals surface area contributed by atoms with E-state index in [1.807, 2.05) is 6.07 Å². The van der Waals surface area contributed by atoms with Gasteiger partial charge in [-0.15, -0.1) is 23.5 Å². The van der Waals surface area contributed by atoms with Crippen molar-refractivity contribution in [3.8, 4) is 6.07 Å². The van der Waals surface area contributed by atoms with Gasteiger partial charge in [-0.05, 0) is 6.92 Å². The number of β-lactam (4-membered cyclic amide) rings is 1. The Kier molecular flexibility index (Phi) is 7.94. The Balaban J connectivity index is 0.00000243. The van der Waals surface area contributed by atoms with Gasteiger partial charge >= 0.3 is 51.4 Å². The average Bonchev–Trinajstić information content (AvgIpc) is 3.05. The second-order valence-electron chi connectivity index (χ2n) is 5.12. The van der Waals surface area contributed by atoms with Gasteiger partial charge in [-0.1, -0.05) is 23.3 Å². The van der Waals surface area contributed by atoms with E-state index < -0.39 is 34.8 Å². The van der Waals surface area contributed by atoms with E-state index in [1.165, 1.54) is 42.2 Å². The van der Waals surface area contributed by atoms with Gasteiger partial charge in [0.25, 0.3) is 5.56 Å². The molecule has 0 unspecified atom stereocenters. The van der Waals surface area contributed by atoms with Gasteiger partial charge in [0.1, 0.15) is 21.2 Å². The van der Waals surface area contributed by atoms with Crippen LogP contribution in [0.2, 0.25) is 0 Å². The van der Waals surface area contributed by atoms with E-state index >= 15 is 0 Å². The molecular weight excluding hydrogens is 446 g/mol. The first kappa shape index (κ1) is 22.5. The van der Waals surface area contributed by atoms with Crippen LogP contribution in [0.5, 0.6) is 0 Å². The van der Waals surface area contributed by atoms with Crippen LogP contribution in [0.3, 0.4) is 0 Å². The Labute approximate surface area is 207 Å². The summed E-state index contributed by atoms with van der Waals surface area (Å²) in [5, 5.41) is 30.0. The van der Waals surface area contributed by atoms with Gasteiger partial charge in [0, 0.05) is 0 Å². The molecule has 1 amide bonds. The van der Waals surface area contributed by atoms with Gasteiger partial charge in [0.2, 0.25) is 5.91 Å². The number of rotatable bonds is 6. The Morgan fingerprint density at radius 3 is 2.77 bits per heavy atom. The number of carbonyl (C=O) groups excluding carboxylic acids is 2. The predicted molar refractivity (Wildman–Crippen MR) is 93.4 cm³/mol. The second kappa shape index (κ2) is 9.16. The number of carboxylic acid groups (broad SMARTS) is 1. The molecule has 2 N–H and O–H groups in total. The third kappa shape index (κ3) is 4.00. The van der Waals surface area contributed by atoms with Gasteiger partial charge in [0.15, 0.2) is 0 Å². The number of aliphatic carboxylic acids is 1. The standard InChI is InChI=1S/C13H11N3O5S4.K/c1-4(17)6-9(19)16-7(11(20)21)13(24-10(6)16)23-3-22-12-5(2-14)8(18)15-25-12;/h4,6,10,17H,3H2,1H3,(H,15,18)(H,20,21);/q;+1/p-1/t4-,6+,10-;/m1./s1. The minimum absolute atomic E-state index is 0. The molecule has 26 heavy (non-hydrogen) atoms. The summed E-state index contributed by atoms with van der Waals surface area (Å²) in [5.41, 5.74) is -0.582. The van der Waals surface area contributed by atoms with E-state index in [9.17, 15) is 24.6 Å². The molecule has 0 spiro atoms. The second-order valence-corrected chi connectivity index (χ2v) is 9.92. The normalized spacial score (nSPS) is 22.3. The van der Waals surface area contributed by atoms with E-state index in [0.717, 1.165) is 16.4 Å². The van der Waals surface area contributed by atoms with Crippen molar-refractivity contribution in [1.82, 2.24) is 9.27 Å². The Bertz CT molecular complexity index is 874. The fourth-order valence-corrected chi connectivity index (χ4v) is 7.80. The third-order valence-electron chi connectivity index (χ3n) is 3.62. The fraction of sp³-hybridized carbons (Fsp3) is 0.385. The van der Waals surface area contributed by atoms with E-state index in [4.69, 9.17) is 5.26 Å². The number of aliphatic hydroxyl groups is 1. The molecule has 1 saturated heterocycles. The first-order chi connectivity index (χ1) is 11.9. The zero-order chi connectivity index (χ0) is 18.3. The van der Waals surface area contributed by atoms with E-state index in [0.29, 0.717) is 13.5 Å². The number of carbonyl (C=O) groups is 2. The largest absolute Gasteiger partial charge is 1.00 e. The van der Waals surface area contributed by atoms with Crippen molar-refractivity contribution >= 4 is 58.7 Å². The molecule has 1 aromatic heterocycles. The summed E-state index contributed by atoms with van der Waals surface area (Å²) < 4.78 is 3.43. The number of aromatic amines is 1. The van der Waals surface area contributed by atoms with Crippen molar-refractivity contribution in [1.29, 1.82) is 5.26 Å². The van der Waals surface area contributed by atoms with Gasteiger partial charge < -0.3 is 15.0 Å². The van der Waals surface area contributed by atoms with Crippen LogP contribution in [-0.2, 0) is 9.59 Å². The fourth-order valence-electron chi connectivity index (χ4n) is 2.46. The number of fused-ring (bicyclic) bond motifs is 1. The number of hydrogen-bond donors (Lipinski definition) is 2. The maximum Gasteiger partial charge on any atom is 1.00 e. The van der Waals surface area contributed by atoms with Crippen molar-refractivity contribution in [3.63, 3.8) is 0 Å². The van der Waals surface area contributed by atoms with E-state index in [-0.39, 0.29) is 62.6 Å². The molecule has 0 radical (unpaired) electrons. The predicted octanol–water partition coefficient (Wildman–Crippen LogP) is -3.07. The summed E-state index contributed by atoms with van der Waals surface area (Å²) in [6.45, 7) is 1.50. The minimum atomic E-state index is -1.44. The molecule has 0 bridgehead atoms. The number of carboxylic acids is 1. The smallest absolute Gasteiger partial charge is 0.543 e. The quantitative estimate of drug-likeness (QED) is 0.198. The summed E-state index contributed by atoms with van der Waals surface area (Å²) >= 11 is 4.69. The van der Waals surface area contributed by atoms with Crippen LogP contribution in [0, 0.1) is 17.2 Å². The average molecular weight is 456 g/mol. The van der Waals surface area contributed by atoms with Crippen LogP contribution >= 0.6 is 46.8 Å². The zero-order valence-electron chi connectivity index (χ0n) is 13.5. The molecule has 2 aliphatic rings. The number of thioether (sulfide) groups is 3. The van der Waals surface area contributed by atoms with Crippen LogP contribution in [-0.4, -0.2) is 42.8 Å². The number of aliphatic hydroxyl groups excluding tert-OH is 1. The topological polar surface area (TPSA) is 137 Å². The van der Waals surface area contributed by atoms with Crippen molar-refractivity contribution in [2.24, 2.45) is 5.92 Å². The Morgan fingerprint density at radius 2 is 2.19 bits per heavy atom. The molecule has 3 heterocycles. The molecule has 1 aromatic rings. The summed E-state index contributed by atoms with van der Waals surface area (Å²) in [7, 11) is 0. The number of amides is 1. The number of nitrogens with one attached hydrogen (secondary N) is 1. The van der Waals surface area contributed by atoms with Crippen molar-refractivity contribution in [2.75, 3.05) is 5.08 Å². The maximum absolute atomic E-state index is 12.1. The zero-order valence-corrected chi connectivity index (χ0v) is 19.9. The molecule has 13 heteroatoms.